The van der Waals surface area contributed by atoms with Crippen molar-refractivity contribution in [3.63, 3.8) is 0 Å². The summed E-state index contributed by atoms with van der Waals surface area (Å²) < 4.78 is 0. The number of carbonyl (C=O) groups excluding carboxylic acids is 2. The predicted octanol–water partition coefficient (Wildman–Crippen LogP) is 5.26. The Morgan fingerprint density at radius 1 is 0.475 bits per heavy atom. The summed E-state index contributed by atoms with van der Waals surface area (Å²) in [6.07, 6.45) is 0. The average Bonchev–Trinajstić information content (AvgIpc) is 2.99. The quantitative estimate of drug-likeness (QED) is 0.130. The molecule has 5 aromatic carbocycles. The van der Waals surface area contributed by atoms with Gasteiger partial charge in [-0.15, -0.1) is 0 Å². The molecule has 198 valence electrons. The third-order valence-electron chi connectivity index (χ3n) is 6.04. The molecule has 0 saturated carbocycles. The van der Waals surface area contributed by atoms with Crippen molar-refractivity contribution < 1.29 is 9.59 Å². The molecule has 8 nitrogen and oxygen atoms in total. The van der Waals surface area contributed by atoms with Gasteiger partial charge in [0, 0.05) is 33.3 Å². The summed E-state index contributed by atoms with van der Waals surface area (Å²) in [6.45, 7) is 0. The van der Waals surface area contributed by atoms with Crippen LogP contribution in [-0.2, 0) is 0 Å². The predicted molar refractivity (Wildman–Crippen MR) is 168 cm³/mol. The van der Waals surface area contributed by atoms with Crippen LogP contribution in [0.1, 0.15) is 20.7 Å². The highest BCUT2D eigenvalue weighted by Gasteiger charge is 2.12. The van der Waals surface area contributed by atoms with Crippen molar-refractivity contribution >= 4 is 79.4 Å². The minimum atomic E-state index is -0.460. The molecule has 0 radical (unpaired) electrons. The molecule has 10 heteroatoms. The zero-order valence-corrected chi connectivity index (χ0v) is 22.7. The number of fused-ring (bicyclic) bond motifs is 2. The largest absolute Gasteiger partial charge is 0.331 e. The first-order valence-corrected chi connectivity index (χ1v) is 13.1. The fourth-order valence-electron chi connectivity index (χ4n) is 4.15. The van der Waals surface area contributed by atoms with Gasteiger partial charge in [0.25, 0.3) is 11.8 Å². The molecule has 0 heterocycles. The van der Waals surface area contributed by atoms with E-state index in [4.69, 9.17) is 24.4 Å². The zero-order chi connectivity index (χ0) is 27.9. The summed E-state index contributed by atoms with van der Waals surface area (Å²) in [7, 11) is 0. The van der Waals surface area contributed by atoms with E-state index < -0.39 is 11.8 Å². The Hall–Kier alpha value is -5.06. The van der Waals surface area contributed by atoms with E-state index in [9.17, 15) is 9.59 Å². The third kappa shape index (κ3) is 6.32. The van der Waals surface area contributed by atoms with Crippen LogP contribution >= 0.6 is 24.4 Å². The Morgan fingerprint density at radius 3 is 1.35 bits per heavy atom. The van der Waals surface area contributed by atoms with Gasteiger partial charge in [-0.2, -0.15) is 0 Å². The van der Waals surface area contributed by atoms with Crippen molar-refractivity contribution in [2.24, 2.45) is 0 Å². The minimum Gasteiger partial charge on any atom is -0.331 e. The molecule has 0 saturated heterocycles. The topological polar surface area (TPSA) is 106 Å². The number of anilines is 2. The van der Waals surface area contributed by atoms with Gasteiger partial charge in [-0.25, -0.2) is 0 Å². The molecule has 0 fully saturated rings. The fraction of sp³-hybridized carbons (Fsp3) is 0. The van der Waals surface area contributed by atoms with Crippen LogP contribution in [0.3, 0.4) is 0 Å². The lowest BCUT2D eigenvalue weighted by Gasteiger charge is -2.14. The molecule has 0 aliphatic rings. The summed E-state index contributed by atoms with van der Waals surface area (Å²) in [5.74, 6) is -0.921. The second kappa shape index (κ2) is 12.2. The lowest BCUT2D eigenvalue weighted by molar-refractivity contribution is 0.0944. The number of hydrogen-bond donors (Lipinski definition) is 6. The lowest BCUT2D eigenvalue weighted by atomic mass is 10.1. The highest BCUT2D eigenvalue weighted by molar-refractivity contribution is 7.80. The van der Waals surface area contributed by atoms with Crippen LogP contribution in [0, 0.1) is 0 Å². The van der Waals surface area contributed by atoms with Crippen molar-refractivity contribution in [3.05, 3.63) is 120 Å². The van der Waals surface area contributed by atoms with Crippen LogP contribution < -0.4 is 32.3 Å². The maximum Gasteiger partial charge on any atom is 0.269 e. The number of hydrazine groups is 2. The van der Waals surface area contributed by atoms with Crippen LogP contribution in [0.15, 0.2) is 109 Å². The number of thiocarbonyl (C=S) groups is 2. The SMILES string of the molecule is O=C(NNC(=S)Nc1cccc2ccccc12)c1cccc(C(=O)NNC(=S)Nc2cccc3ccccc23)c1. The molecule has 5 aromatic rings. The van der Waals surface area contributed by atoms with E-state index in [1.165, 1.54) is 6.07 Å². The highest BCUT2D eigenvalue weighted by Crippen LogP contribution is 2.23. The van der Waals surface area contributed by atoms with E-state index in [0.717, 1.165) is 32.9 Å². The number of benzene rings is 5. The van der Waals surface area contributed by atoms with Crippen LogP contribution in [0.2, 0.25) is 0 Å². The van der Waals surface area contributed by atoms with Crippen LogP contribution in [-0.4, -0.2) is 22.0 Å². The maximum absolute atomic E-state index is 12.7. The minimum absolute atomic E-state index is 0.218. The van der Waals surface area contributed by atoms with Gasteiger partial charge in [-0.3, -0.25) is 31.3 Å². The van der Waals surface area contributed by atoms with Crippen molar-refractivity contribution in [1.82, 2.24) is 21.7 Å². The Kier molecular flexibility index (Phi) is 8.10. The van der Waals surface area contributed by atoms with Gasteiger partial charge in [0.15, 0.2) is 10.2 Å². The maximum atomic E-state index is 12.7. The van der Waals surface area contributed by atoms with Crippen LogP contribution in [0.4, 0.5) is 11.4 Å². The number of rotatable bonds is 4. The standard InChI is InChI=1S/C30H24N6O2S2/c37-27(33-35-29(39)31-25-16-6-10-19-8-1-3-14-23(19)25)21-12-5-13-22(18-21)28(38)34-36-30(40)32-26-17-7-11-20-9-2-4-15-24(20)26/h1-18H,(H,33,37)(H,34,38)(H2,31,35,39)(H2,32,36,40). The van der Waals surface area contributed by atoms with Gasteiger partial charge in [0.05, 0.1) is 0 Å². The van der Waals surface area contributed by atoms with Gasteiger partial charge < -0.3 is 10.6 Å². The first kappa shape index (κ1) is 26.5. The fourth-order valence-corrected chi connectivity index (χ4v) is 4.47. The monoisotopic (exact) mass is 564 g/mol. The van der Waals surface area contributed by atoms with E-state index in [0.29, 0.717) is 0 Å². The number of amides is 2. The summed E-state index contributed by atoms with van der Waals surface area (Å²) in [4.78, 5) is 25.5. The first-order valence-electron chi connectivity index (χ1n) is 12.3. The molecule has 0 atom stereocenters. The molecule has 0 aromatic heterocycles. The smallest absolute Gasteiger partial charge is 0.269 e. The van der Waals surface area contributed by atoms with E-state index >= 15 is 0 Å². The normalized spacial score (nSPS) is 10.4. The van der Waals surface area contributed by atoms with Crippen LogP contribution in [0.5, 0.6) is 0 Å². The third-order valence-corrected chi connectivity index (χ3v) is 6.45. The van der Waals surface area contributed by atoms with E-state index in [2.05, 4.69) is 32.3 Å². The van der Waals surface area contributed by atoms with Crippen molar-refractivity contribution in [1.29, 1.82) is 0 Å². The molecule has 2 amide bonds. The molecule has 40 heavy (non-hydrogen) atoms. The van der Waals surface area contributed by atoms with Crippen molar-refractivity contribution in [3.8, 4) is 0 Å². The summed E-state index contributed by atoms with van der Waals surface area (Å²) in [5, 5.41) is 10.7. The van der Waals surface area contributed by atoms with Gasteiger partial charge in [-0.05, 0) is 65.5 Å². The summed E-state index contributed by atoms with van der Waals surface area (Å²) >= 11 is 10.7. The summed E-state index contributed by atoms with van der Waals surface area (Å²) in [5.41, 5.74) is 12.7. The highest BCUT2D eigenvalue weighted by atomic mass is 32.1. The first-order chi connectivity index (χ1) is 19.5. The second-order valence-corrected chi connectivity index (χ2v) is 9.52. The van der Waals surface area contributed by atoms with Crippen molar-refractivity contribution in [2.45, 2.75) is 0 Å². The molecule has 0 aliphatic heterocycles. The van der Waals surface area contributed by atoms with Gasteiger partial charge >= 0.3 is 0 Å². The summed E-state index contributed by atoms with van der Waals surface area (Å²) in [6, 6.07) is 33.7. The number of carbonyl (C=O) groups is 2. The van der Waals surface area contributed by atoms with E-state index in [-0.39, 0.29) is 21.4 Å². The molecule has 5 rings (SSSR count). The van der Waals surface area contributed by atoms with Gasteiger partial charge in [0.2, 0.25) is 0 Å². The Balaban J connectivity index is 1.14. The van der Waals surface area contributed by atoms with E-state index in [1.54, 1.807) is 18.2 Å². The second-order valence-electron chi connectivity index (χ2n) is 8.70. The molecular weight excluding hydrogens is 541 g/mol. The lowest BCUT2D eigenvalue weighted by Crippen LogP contribution is -2.44. The molecule has 0 spiro atoms. The number of hydrogen-bond acceptors (Lipinski definition) is 4. The van der Waals surface area contributed by atoms with E-state index in [1.807, 2.05) is 84.9 Å². The van der Waals surface area contributed by atoms with Gasteiger partial charge in [0.1, 0.15) is 0 Å². The van der Waals surface area contributed by atoms with Crippen molar-refractivity contribution in [2.75, 3.05) is 10.6 Å². The molecule has 0 unspecified atom stereocenters. The average molecular weight is 565 g/mol. The molecular formula is C30H24N6O2S2. The zero-order valence-electron chi connectivity index (χ0n) is 21.0. The molecule has 0 aliphatic carbocycles. The number of nitrogens with one attached hydrogen (secondary N) is 6. The van der Waals surface area contributed by atoms with Crippen LogP contribution in [0.25, 0.3) is 21.5 Å². The Morgan fingerprint density at radius 2 is 0.875 bits per heavy atom. The Labute approximate surface area is 241 Å². The molecule has 6 N–H and O–H groups in total. The van der Waals surface area contributed by atoms with Gasteiger partial charge in [-0.1, -0.05) is 78.9 Å². The molecule has 0 bridgehead atoms. The Bertz CT molecular complexity index is 1620.